The molecular formula is C13H27N3O. The van der Waals surface area contributed by atoms with E-state index >= 15 is 0 Å². The summed E-state index contributed by atoms with van der Waals surface area (Å²) in [6.07, 6.45) is 5.35. The first-order valence-corrected chi connectivity index (χ1v) is 6.92. The molecule has 0 atom stereocenters. The van der Waals surface area contributed by atoms with Gasteiger partial charge in [0.1, 0.15) is 0 Å². The van der Waals surface area contributed by atoms with Gasteiger partial charge in [-0.15, -0.1) is 0 Å². The van der Waals surface area contributed by atoms with Gasteiger partial charge >= 0.3 is 0 Å². The maximum absolute atomic E-state index is 11.1. The largest absolute Gasteiger partial charge is 0.359 e. The van der Waals surface area contributed by atoms with Crippen LogP contribution in [0.5, 0.6) is 0 Å². The van der Waals surface area contributed by atoms with Crippen LogP contribution >= 0.6 is 0 Å². The standard InChI is InChI=1S/C13H27N3O/c1-3-8-15-12-6-10-16(11-7-12)9-4-5-13(17)14-2/h12,15H,3-11H2,1-2H3,(H,14,17). The Kier molecular flexibility index (Phi) is 7.21. The fraction of sp³-hybridized carbons (Fsp3) is 0.923. The topological polar surface area (TPSA) is 44.4 Å². The van der Waals surface area contributed by atoms with Gasteiger partial charge in [0.2, 0.25) is 5.91 Å². The summed E-state index contributed by atoms with van der Waals surface area (Å²) in [4.78, 5) is 13.6. The highest BCUT2D eigenvalue weighted by atomic mass is 16.1. The molecule has 0 aromatic heterocycles. The number of nitrogens with zero attached hydrogens (tertiary/aromatic N) is 1. The second kappa shape index (κ2) is 8.48. The van der Waals surface area contributed by atoms with Crippen LogP contribution < -0.4 is 10.6 Å². The van der Waals surface area contributed by atoms with Crippen molar-refractivity contribution in [3.8, 4) is 0 Å². The van der Waals surface area contributed by atoms with Crippen LogP contribution in [0.2, 0.25) is 0 Å². The van der Waals surface area contributed by atoms with Gasteiger partial charge in [0.15, 0.2) is 0 Å². The SMILES string of the molecule is CCCNC1CCN(CCCC(=O)NC)CC1. The molecule has 0 aromatic rings. The van der Waals surface area contributed by atoms with E-state index in [2.05, 4.69) is 22.5 Å². The molecule has 0 radical (unpaired) electrons. The smallest absolute Gasteiger partial charge is 0.219 e. The minimum Gasteiger partial charge on any atom is -0.359 e. The van der Waals surface area contributed by atoms with Crippen LogP contribution in [0.4, 0.5) is 0 Å². The molecular weight excluding hydrogens is 214 g/mol. The van der Waals surface area contributed by atoms with Crippen molar-refractivity contribution in [2.24, 2.45) is 0 Å². The van der Waals surface area contributed by atoms with Gasteiger partial charge in [-0.05, 0) is 51.9 Å². The molecule has 0 unspecified atom stereocenters. The summed E-state index contributed by atoms with van der Waals surface area (Å²) < 4.78 is 0. The van der Waals surface area contributed by atoms with Crippen molar-refractivity contribution in [1.82, 2.24) is 15.5 Å². The first-order chi connectivity index (χ1) is 8.26. The number of hydrogen-bond acceptors (Lipinski definition) is 3. The molecule has 100 valence electrons. The van der Waals surface area contributed by atoms with Gasteiger partial charge in [-0.25, -0.2) is 0 Å². The fourth-order valence-corrected chi connectivity index (χ4v) is 2.30. The lowest BCUT2D eigenvalue weighted by Gasteiger charge is -2.32. The molecule has 0 spiro atoms. The maximum Gasteiger partial charge on any atom is 0.219 e. The second-order valence-electron chi connectivity index (χ2n) is 4.85. The Morgan fingerprint density at radius 3 is 2.65 bits per heavy atom. The minimum atomic E-state index is 0.157. The van der Waals surface area contributed by atoms with E-state index < -0.39 is 0 Å². The number of likely N-dealkylation sites (tertiary alicyclic amines) is 1. The lowest BCUT2D eigenvalue weighted by molar-refractivity contribution is -0.120. The zero-order chi connectivity index (χ0) is 12.5. The van der Waals surface area contributed by atoms with Gasteiger partial charge in [-0.1, -0.05) is 6.92 Å². The van der Waals surface area contributed by atoms with Gasteiger partial charge in [-0.3, -0.25) is 4.79 Å². The van der Waals surface area contributed by atoms with Crippen molar-refractivity contribution in [3.05, 3.63) is 0 Å². The number of piperidine rings is 1. The van der Waals surface area contributed by atoms with E-state index in [4.69, 9.17) is 0 Å². The average Bonchev–Trinajstić information content (AvgIpc) is 2.37. The number of carbonyl (C=O) groups excluding carboxylic acids is 1. The molecule has 0 aromatic carbocycles. The number of nitrogens with one attached hydrogen (secondary N) is 2. The molecule has 1 aliphatic heterocycles. The summed E-state index contributed by atoms with van der Waals surface area (Å²) in [6.45, 7) is 6.76. The first kappa shape index (κ1) is 14.5. The van der Waals surface area contributed by atoms with E-state index in [0.717, 1.165) is 19.5 Å². The van der Waals surface area contributed by atoms with Gasteiger partial charge in [0.05, 0.1) is 0 Å². The van der Waals surface area contributed by atoms with Gasteiger partial charge < -0.3 is 15.5 Å². The Bertz CT molecular complexity index is 213. The van der Waals surface area contributed by atoms with Crippen LogP contribution in [0, 0.1) is 0 Å². The lowest BCUT2D eigenvalue weighted by Crippen LogP contribution is -2.43. The van der Waals surface area contributed by atoms with E-state index in [9.17, 15) is 4.79 Å². The normalized spacial score (nSPS) is 18.2. The number of rotatable bonds is 7. The van der Waals surface area contributed by atoms with Crippen molar-refractivity contribution in [2.45, 2.75) is 45.1 Å². The molecule has 1 heterocycles. The lowest BCUT2D eigenvalue weighted by atomic mass is 10.0. The van der Waals surface area contributed by atoms with Crippen LogP contribution in [0.1, 0.15) is 39.0 Å². The van der Waals surface area contributed by atoms with Crippen LogP contribution in [0.25, 0.3) is 0 Å². The fourth-order valence-electron chi connectivity index (χ4n) is 2.30. The molecule has 1 aliphatic rings. The minimum absolute atomic E-state index is 0.157. The monoisotopic (exact) mass is 241 g/mol. The summed E-state index contributed by atoms with van der Waals surface area (Å²) in [5.41, 5.74) is 0. The Balaban J connectivity index is 2.04. The average molecular weight is 241 g/mol. The predicted molar refractivity (Wildman–Crippen MR) is 71.1 cm³/mol. The Morgan fingerprint density at radius 1 is 1.35 bits per heavy atom. The zero-order valence-corrected chi connectivity index (χ0v) is 11.3. The molecule has 4 heteroatoms. The van der Waals surface area contributed by atoms with Gasteiger partial charge in [-0.2, -0.15) is 0 Å². The molecule has 2 N–H and O–H groups in total. The first-order valence-electron chi connectivity index (χ1n) is 6.92. The highest BCUT2D eigenvalue weighted by Gasteiger charge is 2.17. The Hall–Kier alpha value is -0.610. The number of carbonyl (C=O) groups is 1. The molecule has 1 fully saturated rings. The second-order valence-corrected chi connectivity index (χ2v) is 4.85. The Morgan fingerprint density at radius 2 is 2.06 bits per heavy atom. The molecule has 4 nitrogen and oxygen atoms in total. The van der Waals surface area contributed by atoms with Crippen LogP contribution in [0.15, 0.2) is 0 Å². The van der Waals surface area contributed by atoms with E-state index in [1.54, 1.807) is 7.05 Å². The molecule has 0 aliphatic carbocycles. The quantitative estimate of drug-likeness (QED) is 0.698. The number of amides is 1. The van der Waals surface area contributed by atoms with Crippen molar-refractivity contribution in [2.75, 3.05) is 33.2 Å². The van der Waals surface area contributed by atoms with E-state index in [0.29, 0.717) is 12.5 Å². The zero-order valence-electron chi connectivity index (χ0n) is 11.3. The third-order valence-corrected chi connectivity index (χ3v) is 3.43. The van der Waals surface area contributed by atoms with Crippen molar-refractivity contribution in [3.63, 3.8) is 0 Å². The van der Waals surface area contributed by atoms with E-state index in [-0.39, 0.29) is 5.91 Å². The summed E-state index contributed by atoms with van der Waals surface area (Å²) in [5, 5.41) is 6.25. The van der Waals surface area contributed by atoms with E-state index in [1.165, 1.54) is 32.4 Å². The third-order valence-electron chi connectivity index (χ3n) is 3.43. The molecule has 0 saturated carbocycles. The molecule has 17 heavy (non-hydrogen) atoms. The van der Waals surface area contributed by atoms with Crippen LogP contribution in [-0.4, -0.2) is 50.1 Å². The van der Waals surface area contributed by atoms with Gasteiger partial charge in [0, 0.05) is 19.5 Å². The maximum atomic E-state index is 11.1. The molecule has 1 amide bonds. The summed E-state index contributed by atoms with van der Waals surface area (Å²) in [5.74, 6) is 0.157. The van der Waals surface area contributed by atoms with Crippen LogP contribution in [0.3, 0.4) is 0 Å². The van der Waals surface area contributed by atoms with E-state index in [1.807, 2.05) is 0 Å². The summed E-state index contributed by atoms with van der Waals surface area (Å²) >= 11 is 0. The summed E-state index contributed by atoms with van der Waals surface area (Å²) in [6, 6.07) is 0.713. The van der Waals surface area contributed by atoms with Gasteiger partial charge in [0.25, 0.3) is 0 Å². The summed E-state index contributed by atoms with van der Waals surface area (Å²) in [7, 11) is 1.70. The molecule has 0 bridgehead atoms. The third kappa shape index (κ3) is 6.03. The Labute approximate surface area is 105 Å². The molecule has 1 rings (SSSR count). The molecule has 1 saturated heterocycles. The highest BCUT2D eigenvalue weighted by Crippen LogP contribution is 2.11. The van der Waals surface area contributed by atoms with Crippen molar-refractivity contribution >= 4 is 5.91 Å². The van der Waals surface area contributed by atoms with Crippen LogP contribution in [-0.2, 0) is 4.79 Å². The van der Waals surface area contributed by atoms with Crippen molar-refractivity contribution < 1.29 is 4.79 Å². The number of hydrogen-bond donors (Lipinski definition) is 2. The highest BCUT2D eigenvalue weighted by molar-refractivity contribution is 5.75. The van der Waals surface area contributed by atoms with Crippen molar-refractivity contribution in [1.29, 1.82) is 0 Å². The predicted octanol–water partition coefficient (Wildman–Crippen LogP) is 0.977.